The van der Waals surface area contributed by atoms with Crippen molar-refractivity contribution < 1.29 is 0 Å². The molecule has 0 saturated heterocycles. The molecule has 0 fully saturated rings. The van der Waals surface area contributed by atoms with Gasteiger partial charge in [-0.2, -0.15) is 0 Å². The normalized spacial score (nSPS) is 11.5. The summed E-state index contributed by atoms with van der Waals surface area (Å²) in [4.78, 5) is 2.31. The fourth-order valence-corrected chi connectivity index (χ4v) is 8.64. The average molecular weight is 625 g/mol. The van der Waals surface area contributed by atoms with E-state index in [2.05, 4.69) is 174 Å². The maximum atomic E-state index is 3.67. The van der Waals surface area contributed by atoms with Crippen LogP contribution in [0.15, 0.2) is 164 Å². The molecule has 0 aliphatic rings. The van der Waals surface area contributed by atoms with Gasteiger partial charge < -0.3 is 10.2 Å². The van der Waals surface area contributed by atoms with E-state index in [0.717, 1.165) is 28.4 Å². The first kappa shape index (κ1) is 26.9. The summed E-state index contributed by atoms with van der Waals surface area (Å²) in [5.41, 5.74) is 8.04. The molecule has 0 saturated carbocycles. The van der Waals surface area contributed by atoms with Crippen molar-refractivity contribution in [3.63, 3.8) is 0 Å². The zero-order valence-electron chi connectivity index (χ0n) is 24.9. The van der Waals surface area contributed by atoms with Crippen LogP contribution in [0.3, 0.4) is 0 Å². The molecule has 0 spiro atoms. The van der Waals surface area contributed by atoms with Crippen molar-refractivity contribution in [2.24, 2.45) is 0 Å². The Morgan fingerprint density at radius 2 is 0.913 bits per heavy atom. The minimum absolute atomic E-state index is 1.10. The molecular formula is C42H28N2S2. The highest BCUT2D eigenvalue weighted by molar-refractivity contribution is 7.26. The Morgan fingerprint density at radius 3 is 1.72 bits per heavy atom. The Kier molecular flexibility index (Phi) is 6.55. The van der Waals surface area contributed by atoms with Gasteiger partial charge in [-0.3, -0.25) is 0 Å². The van der Waals surface area contributed by atoms with Crippen LogP contribution < -0.4 is 10.2 Å². The van der Waals surface area contributed by atoms with Gasteiger partial charge >= 0.3 is 0 Å². The van der Waals surface area contributed by atoms with Gasteiger partial charge in [0.15, 0.2) is 0 Å². The molecule has 0 atom stereocenters. The zero-order valence-corrected chi connectivity index (χ0v) is 26.5. The Bertz CT molecular complexity index is 2470. The summed E-state index contributed by atoms with van der Waals surface area (Å²) >= 11 is 3.70. The van der Waals surface area contributed by atoms with E-state index >= 15 is 0 Å². The molecule has 2 nitrogen and oxygen atoms in total. The second-order valence-electron chi connectivity index (χ2n) is 11.5. The van der Waals surface area contributed by atoms with Crippen LogP contribution in [0.25, 0.3) is 51.5 Å². The number of thiophene rings is 2. The number of rotatable bonds is 6. The van der Waals surface area contributed by atoms with Crippen LogP contribution in [0.5, 0.6) is 0 Å². The molecule has 9 aromatic rings. The molecule has 0 bridgehead atoms. The lowest BCUT2D eigenvalue weighted by Gasteiger charge is -2.25. The van der Waals surface area contributed by atoms with Gasteiger partial charge in [0.25, 0.3) is 0 Å². The average Bonchev–Trinajstić information content (AvgIpc) is 3.67. The second kappa shape index (κ2) is 11.2. The Labute approximate surface area is 275 Å². The molecule has 0 unspecified atom stereocenters. The van der Waals surface area contributed by atoms with Crippen molar-refractivity contribution >= 4 is 91.5 Å². The Morgan fingerprint density at radius 1 is 0.348 bits per heavy atom. The topological polar surface area (TPSA) is 15.3 Å². The number of nitrogens with one attached hydrogen (secondary N) is 1. The molecule has 0 aliphatic carbocycles. The minimum Gasteiger partial charge on any atom is -0.355 e. The first-order chi connectivity index (χ1) is 22.8. The molecule has 46 heavy (non-hydrogen) atoms. The summed E-state index contributed by atoms with van der Waals surface area (Å²) in [6.45, 7) is 0. The van der Waals surface area contributed by atoms with Crippen molar-refractivity contribution in [3.8, 4) is 11.1 Å². The van der Waals surface area contributed by atoms with E-state index in [1.807, 2.05) is 22.7 Å². The van der Waals surface area contributed by atoms with Crippen LogP contribution in [-0.4, -0.2) is 0 Å². The zero-order chi connectivity index (χ0) is 30.5. The fraction of sp³-hybridized carbons (Fsp3) is 0. The van der Waals surface area contributed by atoms with E-state index in [1.165, 1.54) is 51.5 Å². The van der Waals surface area contributed by atoms with E-state index in [1.54, 1.807) is 0 Å². The van der Waals surface area contributed by atoms with Crippen molar-refractivity contribution in [2.75, 3.05) is 10.2 Å². The van der Waals surface area contributed by atoms with E-state index < -0.39 is 0 Å². The van der Waals surface area contributed by atoms with Crippen molar-refractivity contribution in [1.29, 1.82) is 0 Å². The lowest BCUT2D eigenvalue weighted by Crippen LogP contribution is -2.09. The summed E-state index contributed by atoms with van der Waals surface area (Å²) in [6, 6.07) is 59.0. The van der Waals surface area contributed by atoms with Gasteiger partial charge in [0.2, 0.25) is 0 Å². The quantitative estimate of drug-likeness (QED) is 0.198. The number of hydrogen-bond acceptors (Lipinski definition) is 4. The van der Waals surface area contributed by atoms with Gasteiger partial charge in [0.05, 0.1) is 0 Å². The number of fused-ring (bicyclic) bond motifs is 6. The minimum atomic E-state index is 1.10. The molecule has 218 valence electrons. The molecule has 2 heterocycles. The third kappa shape index (κ3) is 4.80. The first-order valence-electron chi connectivity index (χ1n) is 15.4. The molecule has 1 N–H and O–H groups in total. The molecule has 4 heteroatoms. The summed E-state index contributed by atoms with van der Waals surface area (Å²) in [5.74, 6) is 0. The number of para-hydroxylation sites is 2. The summed E-state index contributed by atoms with van der Waals surface area (Å²) in [5, 5.41) is 8.89. The predicted octanol–water partition coefficient (Wildman–Crippen LogP) is 13.3. The predicted molar refractivity (Wildman–Crippen MR) is 202 cm³/mol. The highest BCUT2D eigenvalue weighted by atomic mass is 32.1. The molecule has 0 amide bonds. The highest BCUT2D eigenvalue weighted by Gasteiger charge is 2.14. The lowest BCUT2D eigenvalue weighted by molar-refractivity contribution is 1.28. The van der Waals surface area contributed by atoms with Crippen LogP contribution >= 0.6 is 22.7 Å². The highest BCUT2D eigenvalue weighted by Crippen LogP contribution is 2.41. The van der Waals surface area contributed by atoms with E-state index in [9.17, 15) is 0 Å². The van der Waals surface area contributed by atoms with Crippen LogP contribution in [0.4, 0.5) is 28.4 Å². The largest absolute Gasteiger partial charge is 0.355 e. The van der Waals surface area contributed by atoms with Gasteiger partial charge in [-0.1, -0.05) is 78.9 Å². The van der Waals surface area contributed by atoms with Crippen molar-refractivity contribution in [1.82, 2.24) is 0 Å². The third-order valence-corrected chi connectivity index (χ3v) is 10.9. The van der Waals surface area contributed by atoms with Gasteiger partial charge in [-0.25, -0.2) is 0 Å². The number of benzene rings is 7. The molecule has 0 aliphatic heterocycles. The van der Waals surface area contributed by atoms with E-state index in [-0.39, 0.29) is 0 Å². The van der Waals surface area contributed by atoms with Gasteiger partial charge in [0.1, 0.15) is 0 Å². The van der Waals surface area contributed by atoms with Gasteiger partial charge in [0, 0.05) is 68.8 Å². The molecule has 9 rings (SSSR count). The van der Waals surface area contributed by atoms with Gasteiger partial charge in [-0.15, -0.1) is 22.7 Å². The monoisotopic (exact) mass is 624 g/mol. The standard InChI is InChI=1S/C42H28N2S2/c1-3-11-32(12-4-1)44(33-13-5-2-6-14-33)34-15-9-10-28(24-34)29-18-22-40-37(25-29)36-21-19-31(27-42(36)46-40)43-30-20-23-41-38(26-30)35-16-7-8-17-39(35)45-41/h1-27,43H. The Balaban J connectivity index is 1.06. The maximum Gasteiger partial charge on any atom is 0.0467 e. The van der Waals surface area contributed by atoms with Crippen LogP contribution in [0.2, 0.25) is 0 Å². The summed E-state index contributed by atoms with van der Waals surface area (Å²) in [7, 11) is 0. The number of hydrogen-bond donors (Lipinski definition) is 1. The van der Waals surface area contributed by atoms with Crippen LogP contribution in [0.1, 0.15) is 0 Å². The van der Waals surface area contributed by atoms with Crippen LogP contribution in [0, 0.1) is 0 Å². The first-order valence-corrected chi connectivity index (χ1v) is 17.1. The number of nitrogens with zero attached hydrogens (tertiary/aromatic N) is 1. The Hall–Kier alpha value is -5.42. The molecule has 7 aromatic carbocycles. The summed E-state index contributed by atoms with van der Waals surface area (Å²) < 4.78 is 5.23. The molecule has 0 radical (unpaired) electrons. The SMILES string of the molecule is c1ccc(N(c2ccccc2)c2cccc(-c3ccc4sc5cc(Nc6ccc7sc8ccccc8c7c6)ccc5c4c3)c2)cc1. The molecular weight excluding hydrogens is 597 g/mol. The van der Waals surface area contributed by atoms with Crippen LogP contribution in [-0.2, 0) is 0 Å². The smallest absolute Gasteiger partial charge is 0.0467 e. The number of anilines is 5. The van der Waals surface area contributed by atoms with E-state index in [0.29, 0.717) is 0 Å². The second-order valence-corrected chi connectivity index (χ2v) is 13.7. The molecule has 2 aromatic heterocycles. The third-order valence-electron chi connectivity index (χ3n) is 8.60. The van der Waals surface area contributed by atoms with Crippen molar-refractivity contribution in [3.05, 3.63) is 164 Å². The summed E-state index contributed by atoms with van der Waals surface area (Å²) in [6.07, 6.45) is 0. The maximum absolute atomic E-state index is 3.67. The fourth-order valence-electron chi connectivity index (χ4n) is 6.43. The van der Waals surface area contributed by atoms with E-state index in [4.69, 9.17) is 0 Å². The lowest BCUT2D eigenvalue weighted by atomic mass is 10.0. The van der Waals surface area contributed by atoms with Crippen molar-refractivity contribution in [2.45, 2.75) is 0 Å². The van der Waals surface area contributed by atoms with Gasteiger partial charge in [-0.05, 0) is 96.1 Å².